The molecule has 0 N–H and O–H groups in total. The minimum atomic E-state index is 0.667. The van der Waals surface area contributed by atoms with Gasteiger partial charge < -0.3 is 4.40 Å². The van der Waals surface area contributed by atoms with Gasteiger partial charge in [0.2, 0.25) is 5.95 Å². The maximum Gasteiger partial charge on any atom is 0.235 e. The van der Waals surface area contributed by atoms with Crippen molar-refractivity contribution in [3.05, 3.63) is 182 Å². The fourth-order valence-electron chi connectivity index (χ4n) is 10.1. The highest BCUT2D eigenvalue weighted by atomic mass is 32.1. The Morgan fingerprint density at radius 1 is 0.390 bits per heavy atom. The van der Waals surface area contributed by atoms with E-state index in [1.54, 1.807) is 0 Å². The van der Waals surface area contributed by atoms with E-state index in [0.29, 0.717) is 5.95 Å². The van der Waals surface area contributed by atoms with Crippen molar-refractivity contribution in [3.8, 4) is 28.3 Å². The number of aromatic nitrogens is 4. The maximum absolute atomic E-state index is 5.66. The molecule has 0 radical (unpaired) electrons. The smallest absolute Gasteiger partial charge is 0.235 e. The first-order valence-electron chi connectivity index (χ1n) is 20.1. The van der Waals surface area contributed by atoms with Crippen LogP contribution in [-0.4, -0.2) is 18.9 Å². The van der Waals surface area contributed by atoms with Gasteiger partial charge in [0.25, 0.3) is 0 Å². The van der Waals surface area contributed by atoms with Crippen LogP contribution in [0.5, 0.6) is 0 Å². The van der Waals surface area contributed by atoms with E-state index < -0.39 is 0 Å². The lowest BCUT2D eigenvalue weighted by atomic mass is 9.99. The second-order valence-corrected chi connectivity index (χ2v) is 16.7. The number of para-hydroxylation sites is 2. The molecule has 4 nitrogen and oxygen atoms in total. The van der Waals surface area contributed by atoms with E-state index in [-0.39, 0.29) is 0 Å². The Hall–Kier alpha value is -7.60. The summed E-state index contributed by atoms with van der Waals surface area (Å²) in [5.41, 5.74) is 11.2. The number of fused-ring (bicyclic) bond motifs is 12. The van der Waals surface area contributed by atoms with Crippen molar-refractivity contribution >= 4 is 113 Å². The third-order valence-corrected chi connectivity index (χ3v) is 13.8. The monoisotopic (exact) mass is 766 g/mol. The average Bonchev–Trinajstić information content (AvgIpc) is 3.94. The SMILES string of the molecule is c1ccc(-c2ccc(-c3nc(-n4c5cccc6c7cccc8c9ccccc9n(c9cc%10c%11ccccc%11sc%10c4c9c65)c78)nc4c3ccc3ccccc34)cc2)cc1. The van der Waals surface area contributed by atoms with E-state index in [0.717, 1.165) is 44.0 Å². The summed E-state index contributed by atoms with van der Waals surface area (Å²) in [4.78, 5) is 11.3. The first-order valence-corrected chi connectivity index (χ1v) is 20.9. The molecule has 0 spiro atoms. The van der Waals surface area contributed by atoms with Gasteiger partial charge in [0.05, 0.1) is 43.5 Å². The molecule has 0 unspecified atom stereocenters. The van der Waals surface area contributed by atoms with Crippen molar-refractivity contribution in [2.45, 2.75) is 0 Å². The molecular weight excluding hydrogens is 737 g/mol. The van der Waals surface area contributed by atoms with Crippen LogP contribution in [-0.2, 0) is 0 Å². The summed E-state index contributed by atoms with van der Waals surface area (Å²) in [6.45, 7) is 0. The van der Waals surface area contributed by atoms with Gasteiger partial charge in [-0.1, -0.05) is 152 Å². The standard InChI is InChI=1S/C54H30N4S/c1-2-12-31(13-3-1)32-24-26-34(27-25-32)49-41-29-28-33-14-4-5-15-35(33)50(41)56-54(55-49)58-44-22-11-18-38-40-20-10-19-39-36-16-6-8-21-43(36)57(51(39)40)45-30-42-37-17-7-9-23-46(37)59-53(42)52(58)48(45)47(38)44/h1-30H. The molecule has 9 aromatic carbocycles. The van der Waals surface area contributed by atoms with Gasteiger partial charge in [0, 0.05) is 58.7 Å². The largest absolute Gasteiger partial charge is 0.308 e. The number of hydrogen-bond acceptors (Lipinski definition) is 3. The third-order valence-electron chi connectivity index (χ3n) is 12.7. The predicted octanol–water partition coefficient (Wildman–Crippen LogP) is 14.7. The van der Waals surface area contributed by atoms with Crippen molar-refractivity contribution in [1.29, 1.82) is 0 Å². The van der Waals surface area contributed by atoms with Gasteiger partial charge in [-0.05, 0) is 52.2 Å². The topological polar surface area (TPSA) is 35.1 Å². The molecule has 0 atom stereocenters. The fraction of sp³-hybridized carbons (Fsp3) is 0. The Morgan fingerprint density at radius 2 is 1.05 bits per heavy atom. The maximum atomic E-state index is 5.66. The van der Waals surface area contributed by atoms with Crippen LogP contribution in [0.15, 0.2) is 182 Å². The Bertz CT molecular complexity index is 4060. The Balaban J connectivity index is 1.20. The summed E-state index contributed by atoms with van der Waals surface area (Å²) in [7, 11) is 0. The minimum Gasteiger partial charge on any atom is -0.308 e. The first kappa shape index (κ1) is 31.5. The first-order chi connectivity index (χ1) is 29.3. The van der Waals surface area contributed by atoms with E-state index in [1.807, 2.05) is 11.3 Å². The van der Waals surface area contributed by atoms with Gasteiger partial charge in [0.15, 0.2) is 0 Å². The van der Waals surface area contributed by atoms with Crippen molar-refractivity contribution in [1.82, 2.24) is 18.9 Å². The number of rotatable bonds is 3. The zero-order valence-electron chi connectivity index (χ0n) is 31.5. The van der Waals surface area contributed by atoms with Crippen LogP contribution < -0.4 is 0 Å². The number of benzene rings is 9. The Morgan fingerprint density at radius 3 is 1.93 bits per heavy atom. The quantitative estimate of drug-likeness (QED) is 0.168. The molecule has 5 aromatic heterocycles. The van der Waals surface area contributed by atoms with Crippen LogP contribution in [0.25, 0.3) is 130 Å². The molecule has 5 heterocycles. The van der Waals surface area contributed by atoms with Crippen LogP contribution in [0.4, 0.5) is 0 Å². The number of thiophene rings is 1. The van der Waals surface area contributed by atoms with E-state index in [9.17, 15) is 0 Å². The van der Waals surface area contributed by atoms with Crippen LogP contribution >= 0.6 is 11.3 Å². The summed E-state index contributed by atoms with van der Waals surface area (Å²) < 4.78 is 7.42. The van der Waals surface area contributed by atoms with Crippen molar-refractivity contribution in [2.24, 2.45) is 0 Å². The molecule has 0 bridgehead atoms. The zero-order chi connectivity index (χ0) is 38.3. The molecular formula is C54H30N4S. The lowest BCUT2D eigenvalue weighted by Crippen LogP contribution is -2.04. The average molecular weight is 767 g/mol. The normalized spacial score (nSPS) is 12.4. The van der Waals surface area contributed by atoms with Gasteiger partial charge in [-0.25, -0.2) is 9.97 Å². The summed E-state index contributed by atoms with van der Waals surface area (Å²) >= 11 is 1.86. The molecule has 59 heavy (non-hydrogen) atoms. The highest BCUT2D eigenvalue weighted by molar-refractivity contribution is 7.26. The Kier molecular flexibility index (Phi) is 6.14. The van der Waals surface area contributed by atoms with Gasteiger partial charge in [-0.3, -0.25) is 4.57 Å². The molecule has 0 amide bonds. The summed E-state index contributed by atoms with van der Waals surface area (Å²) in [6, 6.07) is 66.2. The molecule has 272 valence electrons. The molecule has 0 saturated heterocycles. The second-order valence-electron chi connectivity index (χ2n) is 15.7. The van der Waals surface area contributed by atoms with Gasteiger partial charge in [-0.2, -0.15) is 0 Å². The molecule has 0 aliphatic heterocycles. The summed E-state index contributed by atoms with van der Waals surface area (Å²) in [5, 5.41) is 13.2. The van der Waals surface area contributed by atoms with Gasteiger partial charge in [0.1, 0.15) is 0 Å². The predicted molar refractivity (Wildman–Crippen MR) is 250 cm³/mol. The lowest BCUT2D eigenvalue weighted by molar-refractivity contribution is 1.02. The van der Waals surface area contributed by atoms with Crippen molar-refractivity contribution < 1.29 is 0 Å². The number of hydrogen-bond donors (Lipinski definition) is 0. The van der Waals surface area contributed by atoms with Crippen molar-refractivity contribution in [2.75, 3.05) is 0 Å². The van der Waals surface area contributed by atoms with Crippen molar-refractivity contribution in [3.63, 3.8) is 0 Å². The van der Waals surface area contributed by atoms with E-state index in [1.165, 1.54) is 80.2 Å². The molecule has 0 fully saturated rings. The fourth-order valence-corrected chi connectivity index (χ4v) is 11.3. The van der Waals surface area contributed by atoms with E-state index >= 15 is 0 Å². The molecule has 14 aromatic rings. The molecule has 5 heteroatoms. The summed E-state index contributed by atoms with van der Waals surface area (Å²) in [6.07, 6.45) is 0. The second kappa shape index (κ2) is 11.5. The van der Waals surface area contributed by atoms with Crippen LogP contribution in [0, 0.1) is 0 Å². The van der Waals surface area contributed by atoms with Crippen LogP contribution in [0.3, 0.4) is 0 Å². The zero-order valence-corrected chi connectivity index (χ0v) is 32.3. The number of nitrogens with zero attached hydrogens (tertiary/aromatic N) is 4. The summed E-state index contributed by atoms with van der Waals surface area (Å²) in [5.74, 6) is 0.667. The molecule has 0 aliphatic rings. The molecule has 0 aliphatic carbocycles. The Labute approximate surface area is 340 Å². The highest BCUT2D eigenvalue weighted by Gasteiger charge is 2.27. The minimum absolute atomic E-state index is 0.667. The van der Waals surface area contributed by atoms with E-state index in [4.69, 9.17) is 9.97 Å². The van der Waals surface area contributed by atoms with Gasteiger partial charge in [-0.15, -0.1) is 11.3 Å². The van der Waals surface area contributed by atoms with Gasteiger partial charge >= 0.3 is 0 Å². The van der Waals surface area contributed by atoms with E-state index in [2.05, 4.69) is 191 Å². The highest BCUT2D eigenvalue weighted by Crippen LogP contribution is 2.49. The molecule has 14 rings (SSSR count). The van der Waals surface area contributed by atoms with Crippen LogP contribution in [0.2, 0.25) is 0 Å². The van der Waals surface area contributed by atoms with Crippen LogP contribution in [0.1, 0.15) is 0 Å². The molecule has 0 saturated carbocycles. The third kappa shape index (κ3) is 4.16. The lowest BCUT2D eigenvalue weighted by Gasteiger charge is -2.14.